The summed E-state index contributed by atoms with van der Waals surface area (Å²) in [4.78, 5) is 11.2. The molecule has 0 bridgehead atoms. The molecule has 0 radical (unpaired) electrons. The van der Waals surface area contributed by atoms with Crippen LogP contribution in [0, 0.1) is 0 Å². The van der Waals surface area contributed by atoms with Gasteiger partial charge in [0.05, 0.1) is 6.54 Å². The molecule has 0 aliphatic heterocycles. The Morgan fingerprint density at radius 3 is 2.28 bits per heavy atom. The van der Waals surface area contributed by atoms with Gasteiger partial charge in [0.2, 0.25) is 5.91 Å². The van der Waals surface area contributed by atoms with E-state index < -0.39 is 0 Å². The van der Waals surface area contributed by atoms with Crippen LogP contribution in [0.1, 0.15) is 31.9 Å². The van der Waals surface area contributed by atoms with Crippen molar-refractivity contribution in [3.63, 3.8) is 0 Å². The van der Waals surface area contributed by atoms with Crippen LogP contribution >= 0.6 is 0 Å². The highest BCUT2D eigenvalue weighted by atomic mass is 16.1. The number of likely N-dealkylation sites (N-methyl/N-ethyl adjacent to an activating group) is 1. The van der Waals surface area contributed by atoms with E-state index >= 15 is 0 Å². The lowest BCUT2D eigenvalue weighted by atomic mass is 9.86. The number of hydrogen-bond acceptors (Lipinski definition) is 2. The first kappa shape index (κ1) is 14.7. The Morgan fingerprint density at radius 1 is 1.17 bits per heavy atom. The quantitative estimate of drug-likeness (QED) is 0.835. The molecule has 100 valence electrons. The van der Waals surface area contributed by atoms with Crippen molar-refractivity contribution < 1.29 is 4.79 Å². The van der Waals surface area contributed by atoms with Crippen LogP contribution in [0.4, 0.5) is 0 Å². The lowest BCUT2D eigenvalue weighted by Gasteiger charge is -2.19. The third kappa shape index (κ3) is 4.88. The Labute approximate surface area is 110 Å². The van der Waals surface area contributed by atoms with E-state index in [-0.39, 0.29) is 11.3 Å². The summed E-state index contributed by atoms with van der Waals surface area (Å²) in [6, 6.07) is 8.63. The third-order valence-electron chi connectivity index (χ3n) is 2.89. The van der Waals surface area contributed by atoms with Gasteiger partial charge in [-0.25, -0.2) is 0 Å². The van der Waals surface area contributed by atoms with Crippen molar-refractivity contribution in [3.8, 4) is 0 Å². The van der Waals surface area contributed by atoms with Crippen molar-refractivity contribution in [3.05, 3.63) is 35.4 Å². The van der Waals surface area contributed by atoms with Crippen molar-refractivity contribution in [2.24, 2.45) is 0 Å². The van der Waals surface area contributed by atoms with Crippen molar-refractivity contribution in [1.82, 2.24) is 10.6 Å². The summed E-state index contributed by atoms with van der Waals surface area (Å²) in [5.74, 6) is 0.0452. The molecule has 0 unspecified atom stereocenters. The Balaban J connectivity index is 2.42. The fourth-order valence-corrected chi connectivity index (χ4v) is 1.74. The van der Waals surface area contributed by atoms with Crippen LogP contribution in [0.15, 0.2) is 24.3 Å². The zero-order valence-corrected chi connectivity index (χ0v) is 11.8. The molecular formula is C15H24N2O. The fourth-order valence-electron chi connectivity index (χ4n) is 1.74. The highest BCUT2D eigenvalue weighted by Crippen LogP contribution is 2.22. The number of nitrogens with one attached hydrogen (secondary N) is 2. The summed E-state index contributed by atoms with van der Waals surface area (Å²) in [5, 5.41) is 5.70. The molecule has 0 aliphatic carbocycles. The predicted molar refractivity (Wildman–Crippen MR) is 75.8 cm³/mol. The summed E-state index contributed by atoms with van der Waals surface area (Å²) >= 11 is 0. The van der Waals surface area contributed by atoms with Gasteiger partial charge in [-0.2, -0.15) is 0 Å². The highest BCUT2D eigenvalue weighted by molar-refractivity contribution is 5.77. The molecule has 1 aromatic carbocycles. The minimum Gasteiger partial charge on any atom is -0.355 e. The monoisotopic (exact) mass is 248 g/mol. The van der Waals surface area contributed by atoms with Gasteiger partial charge >= 0.3 is 0 Å². The van der Waals surface area contributed by atoms with Crippen LogP contribution in [-0.2, 0) is 16.6 Å². The van der Waals surface area contributed by atoms with Crippen LogP contribution in [0.25, 0.3) is 0 Å². The summed E-state index contributed by atoms with van der Waals surface area (Å²) in [6.45, 7) is 7.69. The summed E-state index contributed by atoms with van der Waals surface area (Å²) < 4.78 is 0. The van der Waals surface area contributed by atoms with E-state index in [0.717, 1.165) is 6.42 Å². The first-order valence-corrected chi connectivity index (χ1v) is 6.44. The smallest absolute Gasteiger partial charge is 0.233 e. The molecule has 0 saturated carbocycles. The summed E-state index contributed by atoms with van der Waals surface area (Å²) in [7, 11) is 1.77. The minimum atomic E-state index is 0.0452. The van der Waals surface area contributed by atoms with Gasteiger partial charge in [0, 0.05) is 6.54 Å². The maximum absolute atomic E-state index is 11.2. The minimum absolute atomic E-state index is 0.0452. The second-order valence-electron chi connectivity index (χ2n) is 5.58. The van der Waals surface area contributed by atoms with E-state index in [4.69, 9.17) is 0 Å². The van der Waals surface area contributed by atoms with Gasteiger partial charge in [-0.3, -0.25) is 4.79 Å². The topological polar surface area (TPSA) is 41.1 Å². The molecule has 1 amide bonds. The summed E-state index contributed by atoms with van der Waals surface area (Å²) in [6.07, 6.45) is 0.875. The van der Waals surface area contributed by atoms with Crippen LogP contribution in [0.2, 0.25) is 0 Å². The molecule has 0 heterocycles. The fraction of sp³-hybridized carbons (Fsp3) is 0.533. The van der Waals surface area contributed by atoms with Crippen molar-refractivity contribution in [2.45, 2.75) is 32.6 Å². The second-order valence-corrected chi connectivity index (χ2v) is 5.58. The SMILES string of the molecule is CNCC(=O)NCCc1ccc(C(C)(C)C)cc1. The molecular weight excluding hydrogens is 224 g/mol. The van der Waals surface area contributed by atoms with Crippen LogP contribution in [0.5, 0.6) is 0 Å². The molecule has 0 fully saturated rings. The van der Waals surface area contributed by atoms with E-state index in [0.29, 0.717) is 13.1 Å². The molecule has 3 nitrogen and oxygen atoms in total. The Bertz CT molecular complexity index is 376. The number of rotatable bonds is 5. The van der Waals surface area contributed by atoms with Crippen molar-refractivity contribution in [1.29, 1.82) is 0 Å². The molecule has 0 spiro atoms. The molecule has 2 N–H and O–H groups in total. The average molecular weight is 248 g/mol. The van der Waals surface area contributed by atoms with Gasteiger partial charge in [-0.05, 0) is 30.0 Å². The van der Waals surface area contributed by atoms with Crippen molar-refractivity contribution in [2.75, 3.05) is 20.1 Å². The van der Waals surface area contributed by atoms with Crippen molar-refractivity contribution >= 4 is 5.91 Å². The molecule has 0 atom stereocenters. The molecule has 3 heteroatoms. The zero-order chi connectivity index (χ0) is 13.6. The number of hydrogen-bond donors (Lipinski definition) is 2. The first-order chi connectivity index (χ1) is 8.43. The maximum Gasteiger partial charge on any atom is 0.233 e. The van der Waals surface area contributed by atoms with E-state index in [1.54, 1.807) is 7.05 Å². The summed E-state index contributed by atoms with van der Waals surface area (Å²) in [5.41, 5.74) is 2.79. The van der Waals surface area contributed by atoms with Crippen LogP contribution < -0.4 is 10.6 Å². The number of carbonyl (C=O) groups is 1. The van der Waals surface area contributed by atoms with Gasteiger partial charge in [-0.1, -0.05) is 45.0 Å². The van der Waals surface area contributed by atoms with E-state index in [1.807, 2.05) is 0 Å². The van der Waals surface area contributed by atoms with E-state index in [2.05, 4.69) is 55.7 Å². The maximum atomic E-state index is 11.2. The Hall–Kier alpha value is -1.35. The normalized spacial score (nSPS) is 11.3. The molecule has 1 aromatic rings. The number of benzene rings is 1. The standard InChI is InChI=1S/C15H24N2O/c1-15(2,3)13-7-5-12(6-8-13)9-10-17-14(18)11-16-4/h5-8,16H,9-11H2,1-4H3,(H,17,18). The van der Waals surface area contributed by atoms with Crippen LogP contribution in [-0.4, -0.2) is 26.0 Å². The largest absolute Gasteiger partial charge is 0.355 e. The molecule has 0 aliphatic rings. The molecule has 0 aromatic heterocycles. The molecule has 18 heavy (non-hydrogen) atoms. The Morgan fingerprint density at radius 2 is 1.78 bits per heavy atom. The van der Waals surface area contributed by atoms with Gasteiger partial charge in [0.25, 0.3) is 0 Å². The Kier molecular flexibility index (Phi) is 5.35. The molecule has 0 saturated heterocycles. The number of amides is 1. The lowest BCUT2D eigenvalue weighted by Crippen LogP contribution is -2.33. The predicted octanol–water partition coefficient (Wildman–Crippen LogP) is 1.86. The number of carbonyl (C=O) groups excluding carboxylic acids is 1. The van der Waals surface area contributed by atoms with E-state index in [1.165, 1.54) is 11.1 Å². The van der Waals surface area contributed by atoms with Gasteiger partial charge < -0.3 is 10.6 Å². The zero-order valence-electron chi connectivity index (χ0n) is 11.8. The van der Waals surface area contributed by atoms with Gasteiger partial charge in [0.1, 0.15) is 0 Å². The van der Waals surface area contributed by atoms with Crippen LogP contribution in [0.3, 0.4) is 0 Å². The lowest BCUT2D eigenvalue weighted by molar-refractivity contribution is -0.120. The van der Waals surface area contributed by atoms with Gasteiger partial charge in [0.15, 0.2) is 0 Å². The highest BCUT2D eigenvalue weighted by Gasteiger charge is 2.12. The van der Waals surface area contributed by atoms with E-state index in [9.17, 15) is 4.79 Å². The third-order valence-corrected chi connectivity index (χ3v) is 2.89. The average Bonchev–Trinajstić information content (AvgIpc) is 2.29. The second kappa shape index (κ2) is 6.55. The molecule has 1 rings (SSSR count). The first-order valence-electron chi connectivity index (χ1n) is 6.44. The van der Waals surface area contributed by atoms with Gasteiger partial charge in [-0.15, -0.1) is 0 Å².